The molecule has 0 fully saturated rings. The molecule has 0 unspecified atom stereocenters. The number of hydrogen-bond donors (Lipinski definition) is 1. The van der Waals surface area contributed by atoms with Gasteiger partial charge in [0.1, 0.15) is 0 Å². The molecule has 3 nitrogen and oxygen atoms in total. The normalized spacial score (nSPS) is 10.3. The van der Waals surface area contributed by atoms with E-state index in [2.05, 4.69) is 9.97 Å². The highest BCUT2D eigenvalue weighted by Gasteiger charge is 2.02. The summed E-state index contributed by atoms with van der Waals surface area (Å²) in [4.78, 5) is 8.18. The molecule has 0 bridgehead atoms. The molecule has 0 saturated heterocycles. The van der Waals surface area contributed by atoms with Gasteiger partial charge in [0.2, 0.25) is 5.95 Å². The van der Waals surface area contributed by atoms with Crippen LogP contribution in [0.4, 0.5) is 5.95 Å². The predicted molar refractivity (Wildman–Crippen MR) is 61.6 cm³/mol. The molecule has 15 heavy (non-hydrogen) atoms. The molecule has 1 heterocycles. The van der Waals surface area contributed by atoms with Crippen molar-refractivity contribution in [2.24, 2.45) is 0 Å². The molecule has 0 atom stereocenters. The van der Waals surface area contributed by atoms with Gasteiger partial charge < -0.3 is 5.73 Å². The van der Waals surface area contributed by atoms with Crippen molar-refractivity contribution in [3.8, 4) is 11.3 Å². The molecular formula is C11H10ClN3. The highest BCUT2D eigenvalue weighted by atomic mass is 35.5. The summed E-state index contributed by atoms with van der Waals surface area (Å²) in [6, 6.07) is 9.35. The number of rotatable bonds is 1. The van der Waals surface area contributed by atoms with Gasteiger partial charge in [0.25, 0.3) is 0 Å². The van der Waals surface area contributed by atoms with E-state index in [0.717, 1.165) is 17.0 Å². The molecule has 2 rings (SSSR count). The van der Waals surface area contributed by atoms with E-state index < -0.39 is 0 Å². The summed E-state index contributed by atoms with van der Waals surface area (Å²) in [7, 11) is 0. The Labute approximate surface area is 92.9 Å². The smallest absolute Gasteiger partial charge is 0.220 e. The molecule has 0 spiro atoms. The minimum Gasteiger partial charge on any atom is -0.368 e. The molecule has 4 heteroatoms. The Kier molecular flexibility index (Phi) is 2.56. The van der Waals surface area contributed by atoms with Crippen LogP contribution in [-0.2, 0) is 0 Å². The zero-order chi connectivity index (χ0) is 10.8. The number of halogens is 1. The lowest BCUT2D eigenvalue weighted by atomic mass is 10.1. The fraction of sp³-hybridized carbons (Fsp3) is 0.0909. The lowest BCUT2D eigenvalue weighted by molar-refractivity contribution is 1.12. The average Bonchev–Trinajstić information content (AvgIpc) is 2.17. The fourth-order valence-electron chi connectivity index (χ4n) is 1.36. The molecule has 0 aliphatic rings. The maximum Gasteiger partial charge on any atom is 0.220 e. The lowest BCUT2D eigenvalue weighted by Crippen LogP contribution is -1.98. The van der Waals surface area contributed by atoms with Crippen LogP contribution in [0, 0.1) is 6.92 Å². The molecular weight excluding hydrogens is 210 g/mol. The number of benzene rings is 1. The monoisotopic (exact) mass is 219 g/mol. The second-order valence-corrected chi connectivity index (χ2v) is 3.70. The van der Waals surface area contributed by atoms with Crippen LogP contribution in [0.1, 0.15) is 5.69 Å². The molecule has 1 aromatic carbocycles. The summed E-state index contributed by atoms with van der Waals surface area (Å²) in [5, 5.41) is 0.706. The van der Waals surface area contributed by atoms with Gasteiger partial charge in [-0.15, -0.1) is 0 Å². The summed E-state index contributed by atoms with van der Waals surface area (Å²) in [5.41, 5.74) is 8.23. The average molecular weight is 220 g/mol. The van der Waals surface area contributed by atoms with Crippen molar-refractivity contribution in [2.45, 2.75) is 6.92 Å². The number of anilines is 1. The van der Waals surface area contributed by atoms with Gasteiger partial charge in [0.15, 0.2) is 0 Å². The van der Waals surface area contributed by atoms with Gasteiger partial charge in [-0.1, -0.05) is 23.7 Å². The van der Waals surface area contributed by atoms with Gasteiger partial charge in [-0.25, -0.2) is 9.97 Å². The molecule has 0 radical (unpaired) electrons. The Hall–Kier alpha value is -1.61. The summed E-state index contributed by atoms with van der Waals surface area (Å²) < 4.78 is 0. The Morgan fingerprint density at radius 1 is 1.13 bits per heavy atom. The van der Waals surface area contributed by atoms with E-state index in [1.165, 1.54) is 0 Å². The van der Waals surface area contributed by atoms with Crippen molar-refractivity contribution in [1.82, 2.24) is 9.97 Å². The van der Waals surface area contributed by atoms with Gasteiger partial charge in [-0.05, 0) is 25.1 Å². The maximum absolute atomic E-state index is 5.80. The second kappa shape index (κ2) is 3.87. The van der Waals surface area contributed by atoms with E-state index in [9.17, 15) is 0 Å². The highest BCUT2D eigenvalue weighted by molar-refractivity contribution is 6.30. The number of nitrogen functional groups attached to an aromatic ring is 1. The van der Waals surface area contributed by atoms with Gasteiger partial charge in [-0.2, -0.15) is 0 Å². The molecule has 2 aromatic rings. The first-order valence-corrected chi connectivity index (χ1v) is 4.90. The summed E-state index contributed by atoms with van der Waals surface area (Å²) >= 11 is 5.80. The quantitative estimate of drug-likeness (QED) is 0.802. The largest absolute Gasteiger partial charge is 0.368 e. The van der Waals surface area contributed by atoms with Crippen molar-refractivity contribution < 1.29 is 0 Å². The summed E-state index contributed by atoms with van der Waals surface area (Å²) in [6.45, 7) is 1.89. The van der Waals surface area contributed by atoms with Gasteiger partial charge in [0, 0.05) is 16.3 Å². The lowest BCUT2D eigenvalue weighted by Gasteiger charge is -2.03. The third kappa shape index (κ3) is 2.25. The van der Waals surface area contributed by atoms with Crippen molar-refractivity contribution in [3.05, 3.63) is 41.0 Å². The van der Waals surface area contributed by atoms with Crippen LogP contribution >= 0.6 is 11.6 Å². The number of aryl methyl sites for hydroxylation is 1. The Balaban J connectivity index is 2.49. The van der Waals surface area contributed by atoms with E-state index in [4.69, 9.17) is 17.3 Å². The van der Waals surface area contributed by atoms with Gasteiger partial charge in [-0.3, -0.25) is 0 Å². The zero-order valence-corrected chi connectivity index (χ0v) is 8.99. The number of nitrogens with zero attached hydrogens (tertiary/aromatic N) is 2. The van der Waals surface area contributed by atoms with Gasteiger partial charge >= 0.3 is 0 Å². The van der Waals surface area contributed by atoms with Crippen LogP contribution < -0.4 is 5.73 Å². The Bertz CT molecular complexity index is 459. The minimum absolute atomic E-state index is 0.292. The van der Waals surface area contributed by atoms with Crippen molar-refractivity contribution in [3.63, 3.8) is 0 Å². The highest BCUT2D eigenvalue weighted by Crippen LogP contribution is 2.20. The van der Waals surface area contributed by atoms with Crippen LogP contribution in [0.2, 0.25) is 5.02 Å². The van der Waals surface area contributed by atoms with Crippen LogP contribution in [0.25, 0.3) is 11.3 Å². The van der Waals surface area contributed by atoms with Crippen LogP contribution in [0.5, 0.6) is 0 Å². The van der Waals surface area contributed by atoms with E-state index in [1.807, 2.05) is 37.3 Å². The van der Waals surface area contributed by atoms with E-state index in [-0.39, 0.29) is 0 Å². The fourth-order valence-corrected chi connectivity index (χ4v) is 1.49. The molecule has 2 N–H and O–H groups in total. The third-order valence-electron chi connectivity index (χ3n) is 2.01. The summed E-state index contributed by atoms with van der Waals surface area (Å²) in [6.07, 6.45) is 0. The minimum atomic E-state index is 0.292. The second-order valence-electron chi connectivity index (χ2n) is 3.26. The first kappa shape index (κ1) is 9.93. The van der Waals surface area contributed by atoms with Crippen LogP contribution in [0.15, 0.2) is 30.3 Å². The molecule has 76 valence electrons. The van der Waals surface area contributed by atoms with Crippen molar-refractivity contribution in [1.29, 1.82) is 0 Å². The zero-order valence-electron chi connectivity index (χ0n) is 8.24. The first-order chi connectivity index (χ1) is 7.15. The maximum atomic E-state index is 5.80. The van der Waals surface area contributed by atoms with E-state index in [1.54, 1.807) is 0 Å². The summed E-state index contributed by atoms with van der Waals surface area (Å²) in [5.74, 6) is 0.292. The van der Waals surface area contributed by atoms with Crippen LogP contribution in [0.3, 0.4) is 0 Å². The molecule has 0 aliphatic heterocycles. The SMILES string of the molecule is Cc1cc(-c2ccc(Cl)cc2)nc(N)n1. The Morgan fingerprint density at radius 3 is 2.40 bits per heavy atom. The number of hydrogen-bond acceptors (Lipinski definition) is 3. The topological polar surface area (TPSA) is 51.8 Å². The standard InChI is InChI=1S/C11H10ClN3/c1-7-6-10(15-11(13)14-7)8-2-4-9(12)5-3-8/h2-6H,1H3,(H2,13,14,15). The van der Waals surface area contributed by atoms with Crippen LogP contribution in [-0.4, -0.2) is 9.97 Å². The van der Waals surface area contributed by atoms with E-state index >= 15 is 0 Å². The Morgan fingerprint density at radius 2 is 1.80 bits per heavy atom. The number of aromatic nitrogens is 2. The third-order valence-corrected chi connectivity index (χ3v) is 2.26. The predicted octanol–water partition coefficient (Wildman–Crippen LogP) is 2.69. The van der Waals surface area contributed by atoms with Crippen molar-refractivity contribution >= 4 is 17.5 Å². The van der Waals surface area contributed by atoms with Gasteiger partial charge in [0.05, 0.1) is 5.69 Å². The first-order valence-electron chi connectivity index (χ1n) is 4.52. The van der Waals surface area contributed by atoms with E-state index in [0.29, 0.717) is 11.0 Å². The van der Waals surface area contributed by atoms with Crippen molar-refractivity contribution in [2.75, 3.05) is 5.73 Å². The number of nitrogens with two attached hydrogens (primary N) is 1. The molecule has 1 aromatic heterocycles. The molecule has 0 amide bonds. The molecule has 0 saturated carbocycles. The molecule has 0 aliphatic carbocycles.